The van der Waals surface area contributed by atoms with Gasteiger partial charge in [-0.3, -0.25) is 14.4 Å². The zero-order valence-corrected chi connectivity index (χ0v) is 20.5. The van der Waals surface area contributed by atoms with Crippen LogP contribution in [0.1, 0.15) is 43.2 Å². The number of hydrogen-bond donors (Lipinski definition) is 1. The normalized spacial score (nSPS) is 20.9. The van der Waals surface area contributed by atoms with Crippen molar-refractivity contribution in [3.63, 3.8) is 0 Å². The monoisotopic (exact) mass is 544 g/mol. The molecular formula is C22H23F3N4O9. The van der Waals surface area contributed by atoms with E-state index in [0.29, 0.717) is 0 Å². The van der Waals surface area contributed by atoms with E-state index in [-0.39, 0.29) is 11.6 Å². The molecule has 13 nitrogen and oxygen atoms in total. The molecule has 0 unspecified atom stereocenters. The Bertz CT molecular complexity index is 1200. The van der Waals surface area contributed by atoms with Crippen LogP contribution >= 0.6 is 0 Å². The van der Waals surface area contributed by atoms with Crippen LogP contribution in [0.5, 0.6) is 0 Å². The van der Waals surface area contributed by atoms with Crippen LogP contribution in [0.15, 0.2) is 24.3 Å². The smallest absolute Gasteiger partial charge is 0.416 e. The number of alkyl halides is 3. The first kappa shape index (κ1) is 28.4. The van der Waals surface area contributed by atoms with Crippen LogP contribution in [0.25, 0.3) is 0 Å². The molecule has 38 heavy (non-hydrogen) atoms. The van der Waals surface area contributed by atoms with Gasteiger partial charge >= 0.3 is 30.1 Å². The second kappa shape index (κ2) is 11.5. The van der Waals surface area contributed by atoms with E-state index in [2.05, 4.69) is 15.4 Å². The Kier molecular flexibility index (Phi) is 8.55. The zero-order chi connectivity index (χ0) is 28.2. The molecule has 1 aromatic carbocycles. The average molecular weight is 544 g/mol. The van der Waals surface area contributed by atoms with Crippen LogP contribution < -0.4 is 5.32 Å². The van der Waals surface area contributed by atoms with Crippen LogP contribution in [0, 0.1) is 0 Å². The standard InChI is InChI=1S/C22H23F3N4O9/c1-10(30)35-9-15-16(36-11(2)31)17(37-12(3)32)19(38-15)29-18(20(33)34-4)27-21(28-29)26-14-7-5-13(6-8-14)22(23,24)25/h5-8,15-17,19H,9H2,1-4H3,(H,26,28)/t15-,16-,17-,19-/m1/s1. The highest BCUT2D eigenvalue weighted by Gasteiger charge is 2.52. The maximum atomic E-state index is 12.9. The minimum atomic E-state index is -4.54. The molecule has 4 atom stereocenters. The molecule has 16 heteroatoms. The number of methoxy groups -OCH3 is 1. The topological polar surface area (TPSA) is 157 Å². The van der Waals surface area contributed by atoms with Crippen LogP contribution in [0.3, 0.4) is 0 Å². The summed E-state index contributed by atoms with van der Waals surface area (Å²) >= 11 is 0. The van der Waals surface area contributed by atoms with Crippen molar-refractivity contribution in [1.82, 2.24) is 14.8 Å². The number of aromatic nitrogens is 3. The Morgan fingerprint density at radius 3 is 2.13 bits per heavy atom. The zero-order valence-electron chi connectivity index (χ0n) is 20.5. The quantitative estimate of drug-likeness (QED) is 0.382. The Balaban J connectivity index is 2.00. The summed E-state index contributed by atoms with van der Waals surface area (Å²) in [5.41, 5.74) is -0.725. The third-order valence-corrected chi connectivity index (χ3v) is 5.05. The molecule has 0 aliphatic carbocycles. The lowest BCUT2D eigenvalue weighted by Gasteiger charge is -2.23. The van der Waals surface area contributed by atoms with Gasteiger partial charge in [-0.1, -0.05) is 0 Å². The maximum Gasteiger partial charge on any atom is 0.416 e. The van der Waals surface area contributed by atoms with Crippen LogP contribution in [-0.4, -0.2) is 70.7 Å². The molecule has 0 spiro atoms. The van der Waals surface area contributed by atoms with Crippen molar-refractivity contribution >= 4 is 35.5 Å². The highest BCUT2D eigenvalue weighted by Crippen LogP contribution is 2.35. The van der Waals surface area contributed by atoms with E-state index in [1.807, 2.05) is 0 Å². The van der Waals surface area contributed by atoms with Crippen LogP contribution in [0.4, 0.5) is 24.8 Å². The number of carbonyl (C=O) groups is 4. The first-order valence-corrected chi connectivity index (χ1v) is 10.9. The van der Waals surface area contributed by atoms with E-state index in [0.717, 1.165) is 56.8 Å². The number of hydrogen-bond acceptors (Lipinski definition) is 12. The summed E-state index contributed by atoms with van der Waals surface area (Å²) in [6, 6.07) is 3.92. The number of benzene rings is 1. The Hall–Kier alpha value is -4.21. The van der Waals surface area contributed by atoms with E-state index in [4.69, 9.17) is 23.7 Å². The van der Waals surface area contributed by atoms with E-state index in [1.54, 1.807) is 0 Å². The number of carbonyl (C=O) groups excluding carboxylic acids is 4. The second-order valence-electron chi connectivity index (χ2n) is 7.91. The van der Waals surface area contributed by atoms with Gasteiger partial charge < -0.3 is 29.0 Å². The molecule has 1 saturated heterocycles. The minimum absolute atomic E-state index is 0.154. The summed E-state index contributed by atoms with van der Waals surface area (Å²) in [6.07, 6.45) is -9.75. The Morgan fingerprint density at radius 1 is 1.00 bits per heavy atom. The van der Waals surface area contributed by atoms with Gasteiger partial charge in [0, 0.05) is 26.5 Å². The largest absolute Gasteiger partial charge is 0.463 e. The molecule has 2 heterocycles. The predicted molar refractivity (Wildman–Crippen MR) is 118 cm³/mol. The van der Waals surface area contributed by atoms with Gasteiger partial charge in [0.1, 0.15) is 12.7 Å². The van der Waals surface area contributed by atoms with E-state index >= 15 is 0 Å². The van der Waals surface area contributed by atoms with Crippen LogP contribution in [0.2, 0.25) is 0 Å². The molecule has 2 aromatic rings. The first-order valence-electron chi connectivity index (χ1n) is 10.9. The SMILES string of the molecule is COC(=O)c1nc(Nc2ccc(C(F)(F)F)cc2)nn1[C@@H]1O[C@H](COC(C)=O)[C@@H](OC(C)=O)[C@H]1OC(C)=O. The van der Waals surface area contributed by atoms with Gasteiger partial charge in [0.05, 0.1) is 12.7 Å². The van der Waals surface area contributed by atoms with Crippen molar-refractivity contribution in [2.75, 3.05) is 19.0 Å². The van der Waals surface area contributed by atoms with E-state index in [1.165, 1.54) is 0 Å². The van der Waals surface area contributed by atoms with Gasteiger partial charge in [-0.2, -0.15) is 18.2 Å². The minimum Gasteiger partial charge on any atom is -0.463 e. The fourth-order valence-electron chi connectivity index (χ4n) is 3.55. The summed E-state index contributed by atoms with van der Waals surface area (Å²) in [6.45, 7) is 2.92. The molecule has 1 N–H and O–H groups in total. The van der Waals surface area contributed by atoms with Gasteiger partial charge in [0.25, 0.3) is 0 Å². The average Bonchev–Trinajstić information content (AvgIpc) is 3.37. The van der Waals surface area contributed by atoms with Gasteiger partial charge in [-0.05, 0) is 24.3 Å². The summed E-state index contributed by atoms with van der Waals surface area (Å²) in [4.78, 5) is 51.5. The highest BCUT2D eigenvalue weighted by molar-refractivity contribution is 5.86. The molecule has 1 aliphatic rings. The fraction of sp³-hybridized carbons (Fsp3) is 0.455. The number of nitrogens with one attached hydrogen (secondary N) is 1. The van der Waals surface area contributed by atoms with Crippen molar-refractivity contribution < 1.29 is 56.0 Å². The predicted octanol–water partition coefficient (Wildman–Crippen LogP) is 2.15. The molecular weight excluding hydrogens is 521 g/mol. The first-order chi connectivity index (χ1) is 17.8. The van der Waals surface area contributed by atoms with Gasteiger partial charge in [0.2, 0.25) is 11.8 Å². The summed E-state index contributed by atoms with van der Waals surface area (Å²) in [7, 11) is 1.06. The molecule has 1 aromatic heterocycles. The fourth-order valence-corrected chi connectivity index (χ4v) is 3.55. The summed E-state index contributed by atoms with van der Waals surface area (Å²) < 4.78 is 65.6. The van der Waals surface area contributed by atoms with Crippen molar-refractivity contribution in [2.45, 2.75) is 51.5 Å². The number of anilines is 2. The molecule has 206 valence electrons. The number of halogens is 3. The number of rotatable bonds is 8. The maximum absolute atomic E-state index is 12.9. The van der Waals surface area contributed by atoms with Gasteiger partial charge in [-0.15, -0.1) is 5.10 Å². The summed E-state index contributed by atoms with van der Waals surface area (Å²) in [5, 5.41) is 6.80. The van der Waals surface area contributed by atoms with E-state index < -0.39 is 72.6 Å². The van der Waals surface area contributed by atoms with E-state index in [9.17, 15) is 32.3 Å². The molecule has 3 rings (SSSR count). The number of esters is 4. The molecule has 0 saturated carbocycles. The Labute approximate surface area is 213 Å². The highest BCUT2D eigenvalue weighted by atomic mass is 19.4. The van der Waals surface area contributed by atoms with Crippen molar-refractivity contribution in [1.29, 1.82) is 0 Å². The number of ether oxygens (including phenoxy) is 5. The summed E-state index contributed by atoms with van der Waals surface area (Å²) in [5.74, 6) is -3.91. The molecule has 1 fully saturated rings. The van der Waals surface area contributed by atoms with Gasteiger partial charge in [-0.25, -0.2) is 9.48 Å². The lowest BCUT2D eigenvalue weighted by molar-refractivity contribution is -0.166. The van der Waals surface area contributed by atoms with Crippen molar-refractivity contribution in [3.8, 4) is 0 Å². The van der Waals surface area contributed by atoms with Crippen LogP contribution in [-0.2, 0) is 44.2 Å². The second-order valence-corrected chi connectivity index (χ2v) is 7.91. The molecule has 0 bridgehead atoms. The third-order valence-electron chi connectivity index (χ3n) is 5.05. The molecule has 0 amide bonds. The lowest BCUT2D eigenvalue weighted by Crippen LogP contribution is -2.41. The molecule has 0 radical (unpaired) electrons. The molecule has 1 aliphatic heterocycles. The van der Waals surface area contributed by atoms with Crippen molar-refractivity contribution in [3.05, 3.63) is 35.7 Å². The Morgan fingerprint density at radius 2 is 1.61 bits per heavy atom. The van der Waals surface area contributed by atoms with Gasteiger partial charge in [0.15, 0.2) is 18.4 Å². The number of nitrogens with zero attached hydrogens (tertiary/aromatic N) is 3. The lowest BCUT2D eigenvalue weighted by atomic mass is 10.1. The third kappa shape index (κ3) is 6.76. The van der Waals surface area contributed by atoms with Crippen molar-refractivity contribution in [2.24, 2.45) is 0 Å².